The Morgan fingerprint density at radius 3 is 2.88 bits per heavy atom. The molecule has 42 valence electrons. The van der Waals surface area contributed by atoms with Crippen molar-refractivity contribution in [1.29, 1.82) is 0 Å². The van der Waals surface area contributed by atoms with Crippen molar-refractivity contribution in [2.75, 3.05) is 0 Å². The largest absolute Gasteiger partial charge is 0.445 e. The molecule has 0 fully saturated rings. The zero-order valence-corrected chi connectivity index (χ0v) is 4.72. The fraction of sp³-hybridized carbons (Fsp3) is 0.167. The average Bonchev–Trinajstić information content (AvgIpc) is 2.12. The SMILES string of the molecule is C=C(C)c1ncco1. The standard InChI is InChI=1S/C6H7NO/c1-5(2)6-7-3-4-8-6/h3-4H,1H2,2H3. The van der Waals surface area contributed by atoms with E-state index in [0.717, 1.165) is 5.57 Å². The first-order chi connectivity index (χ1) is 3.80. The summed E-state index contributed by atoms with van der Waals surface area (Å²) in [6.07, 6.45) is 3.13. The van der Waals surface area contributed by atoms with Crippen molar-refractivity contribution in [2.24, 2.45) is 0 Å². The molecule has 0 amide bonds. The molecule has 0 radical (unpaired) electrons. The van der Waals surface area contributed by atoms with E-state index in [1.165, 1.54) is 6.26 Å². The lowest BCUT2D eigenvalue weighted by atomic mass is 10.4. The number of nitrogens with zero attached hydrogens (tertiary/aromatic N) is 1. The quantitative estimate of drug-likeness (QED) is 0.548. The lowest BCUT2D eigenvalue weighted by molar-refractivity contribution is 0.542. The van der Waals surface area contributed by atoms with E-state index in [1.54, 1.807) is 6.20 Å². The van der Waals surface area contributed by atoms with Crippen molar-refractivity contribution in [3.05, 3.63) is 24.9 Å². The van der Waals surface area contributed by atoms with E-state index in [0.29, 0.717) is 5.89 Å². The molecule has 1 aromatic rings. The molecule has 0 aliphatic heterocycles. The smallest absolute Gasteiger partial charge is 0.220 e. The first-order valence-electron chi connectivity index (χ1n) is 2.36. The fourth-order valence-electron chi connectivity index (χ4n) is 0.434. The number of hydrogen-bond acceptors (Lipinski definition) is 2. The van der Waals surface area contributed by atoms with Crippen LogP contribution in [0.5, 0.6) is 0 Å². The van der Waals surface area contributed by atoms with Gasteiger partial charge in [-0.2, -0.15) is 0 Å². The molecule has 0 atom stereocenters. The maximum absolute atomic E-state index is 4.88. The summed E-state index contributed by atoms with van der Waals surface area (Å²) >= 11 is 0. The van der Waals surface area contributed by atoms with Gasteiger partial charge in [0.1, 0.15) is 6.26 Å². The zero-order valence-electron chi connectivity index (χ0n) is 4.72. The number of allylic oxidation sites excluding steroid dienone is 1. The van der Waals surface area contributed by atoms with Gasteiger partial charge in [-0.25, -0.2) is 4.98 Å². The fourth-order valence-corrected chi connectivity index (χ4v) is 0.434. The number of aromatic nitrogens is 1. The van der Waals surface area contributed by atoms with Gasteiger partial charge >= 0.3 is 0 Å². The summed E-state index contributed by atoms with van der Waals surface area (Å²) < 4.78 is 4.88. The molecule has 0 aliphatic carbocycles. The Labute approximate surface area is 47.9 Å². The molecule has 1 aromatic heterocycles. The topological polar surface area (TPSA) is 26.0 Å². The molecular weight excluding hydrogens is 102 g/mol. The van der Waals surface area contributed by atoms with Crippen LogP contribution >= 0.6 is 0 Å². The van der Waals surface area contributed by atoms with Crippen LogP contribution in [-0.2, 0) is 0 Å². The summed E-state index contributed by atoms with van der Waals surface area (Å²) in [7, 11) is 0. The molecule has 2 nitrogen and oxygen atoms in total. The van der Waals surface area contributed by atoms with Crippen LogP contribution in [0.2, 0.25) is 0 Å². The van der Waals surface area contributed by atoms with Crippen molar-refractivity contribution >= 4 is 5.57 Å². The minimum Gasteiger partial charge on any atom is -0.445 e. The third kappa shape index (κ3) is 0.780. The van der Waals surface area contributed by atoms with Crippen molar-refractivity contribution in [3.63, 3.8) is 0 Å². The normalized spacial score (nSPS) is 9.12. The minimum atomic E-state index is 0.616. The maximum Gasteiger partial charge on any atom is 0.220 e. The molecule has 0 unspecified atom stereocenters. The van der Waals surface area contributed by atoms with E-state index >= 15 is 0 Å². The van der Waals surface area contributed by atoms with Crippen LogP contribution in [0.15, 0.2) is 23.5 Å². The van der Waals surface area contributed by atoms with Gasteiger partial charge in [0.2, 0.25) is 5.89 Å². The van der Waals surface area contributed by atoms with E-state index in [1.807, 2.05) is 6.92 Å². The number of hydrogen-bond donors (Lipinski definition) is 0. The highest BCUT2D eigenvalue weighted by Crippen LogP contribution is 2.05. The molecule has 0 bridgehead atoms. The molecule has 8 heavy (non-hydrogen) atoms. The second-order valence-electron chi connectivity index (χ2n) is 1.62. The summed E-state index contributed by atoms with van der Waals surface area (Å²) in [5.41, 5.74) is 0.856. The lowest BCUT2D eigenvalue weighted by Gasteiger charge is -1.84. The molecule has 0 aromatic carbocycles. The summed E-state index contributed by atoms with van der Waals surface area (Å²) in [6.45, 7) is 5.49. The van der Waals surface area contributed by atoms with Gasteiger partial charge in [-0.05, 0) is 6.92 Å². The maximum atomic E-state index is 4.88. The van der Waals surface area contributed by atoms with Gasteiger partial charge in [-0.3, -0.25) is 0 Å². The summed E-state index contributed by atoms with van der Waals surface area (Å²) in [5, 5.41) is 0. The molecule has 0 saturated heterocycles. The Bertz CT molecular complexity index is 176. The summed E-state index contributed by atoms with van der Waals surface area (Å²) in [4.78, 5) is 3.85. The highest BCUT2D eigenvalue weighted by molar-refractivity contribution is 5.51. The molecule has 0 N–H and O–H groups in total. The minimum absolute atomic E-state index is 0.616. The number of rotatable bonds is 1. The first kappa shape index (κ1) is 5.09. The predicted octanol–water partition coefficient (Wildman–Crippen LogP) is 1.71. The van der Waals surface area contributed by atoms with Crippen LogP contribution in [0.3, 0.4) is 0 Å². The third-order valence-electron chi connectivity index (χ3n) is 0.797. The van der Waals surface area contributed by atoms with Gasteiger partial charge in [-0.15, -0.1) is 0 Å². The van der Waals surface area contributed by atoms with Gasteiger partial charge in [0, 0.05) is 5.57 Å². The van der Waals surface area contributed by atoms with Crippen LogP contribution < -0.4 is 0 Å². The van der Waals surface area contributed by atoms with E-state index in [2.05, 4.69) is 11.6 Å². The molecule has 0 spiro atoms. The van der Waals surface area contributed by atoms with Crippen molar-refractivity contribution < 1.29 is 4.42 Å². The highest BCUT2D eigenvalue weighted by atomic mass is 16.3. The van der Waals surface area contributed by atoms with E-state index < -0.39 is 0 Å². The van der Waals surface area contributed by atoms with Crippen LogP contribution in [0, 0.1) is 0 Å². The Balaban J connectivity index is 2.93. The van der Waals surface area contributed by atoms with Gasteiger partial charge < -0.3 is 4.42 Å². The summed E-state index contributed by atoms with van der Waals surface area (Å²) in [5.74, 6) is 0.616. The van der Waals surface area contributed by atoms with Crippen molar-refractivity contribution in [3.8, 4) is 0 Å². The first-order valence-corrected chi connectivity index (χ1v) is 2.36. The third-order valence-corrected chi connectivity index (χ3v) is 0.797. The monoisotopic (exact) mass is 109 g/mol. The van der Waals surface area contributed by atoms with Crippen LogP contribution in [0.25, 0.3) is 5.57 Å². The van der Waals surface area contributed by atoms with E-state index in [9.17, 15) is 0 Å². The second kappa shape index (κ2) is 1.82. The predicted molar refractivity (Wildman–Crippen MR) is 31.2 cm³/mol. The Hall–Kier alpha value is -1.05. The van der Waals surface area contributed by atoms with Gasteiger partial charge in [0.05, 0.1) is 6.20 Å². The molecule has 1 rings (SSSR count). The second-order valence-corrected chi connectivity index (χ2v) is 1.62. The van der Waals surface area contributed by atoms with E-state index in [4.69, 9.17) is 4.42 Å². The highest BCUT2D eigenvalue weighted by Gasteiger charge is 1.93. The van der Waals surface area contributed by atoms with Gasteiger partial charge in [0.25, 0.3) is 0 Å². The average molecular weight is 109 g/mol. The molecule has 1 heterocycles. The molecule has 0 saturated carbocycles. The van der Waals surface area contributed by atoms with Crippen molar-refractivity contribution in [1.82, 2.24) is 4.98 Å². The Morgan fingerprint density at radius 2 is 2.62 bits per heavy atom. The lowest BCUT2D eigenvalue weighted by Crippen LogP contribution is -1.72. The molecular formula is C6H7NO. The van der Waals surface area contributed by atoms with E-state index in [-0.39, 0.29) is 0 Å². The Morgan fingerprint density at radius 1 is 1.88 bits per heavy atom. The van der Waals surface area contributed by atoms with Gasteiger partial charge in [0.15, 0.2) is 0 Å². The number of oxazole rings is 1. The van der Waals surface area contributed by atoms with Gasteiger partial charge in [-0.1, -0.05) is 6.58 Å². The van der Waals surface area contributed by atoms with Crippen LogP contribution in [-0.4, -0.2) is 4.98 Å². The summed E-state index contributed by atoms with van der Waals surface area (Å²) in [6, 6.07) is 0. The molecule has 0 aliphatic rings. The van der Waals surface area contributed by atoms with Crippen molar-refractivity contribution in [2.45, 2.75) is 6.92 Å². The van der Waals surface area contributed by atoms with Crippen LogP contribution in [0.4, 0.5) is 0 Å². The zero-order chi connectivity index (χ0) is 5.98. The Kier molecular flexibility index (Phi) is 1.16. The molecule has 2 heteroatoms. The van der Waals surface area contributed by atoms with Crippen LogP contribution in [0.1, 0.15) is 12.8 Å².